The molecule has 0 aromatic heterocycles. The highest BCUT2D eigenvalue weighted by Gasteiger charge is 2.45. The van der Waals surface area contributed by atoms with E-state index in [9.17, 15) is 19.1 Å². The third-order valence-corrected chi connectivity index (χ3v) is 4.76. The van der Waals surface area contributed by atoms with Gasteiger partial charge >= 0.3 is 0 Å². The fourth-order valence-electron chi connectivity index (χ4n) is 3.30. The minimum absolute atomic E-state index is 0.0485. The molecule has 0 spiro atoms. The summed E-state index contributed by atoms with van der Waals surface area (Å²) in [5.41, 5.74) is 1.88. The van der Waals surface area contributed by atoms with E-state index in [0.717, 1.165) is 5.56 Å². The molecule has 0 radical (unpaired) electrons. The predicted molar refractivity (Wildman–Crippen MR) is 104 cm³/mol. The molecular formula is C22H22FNO5. The van der Waals surface area contributed by atoms with Crippen LogP contribution in [0.25, 0.3) is 5.76 Å². The zero-order chi connectivity index (χ0) is 21.0. The van der Waals surface area contributed by atoms with Gasteiger partial charge in [0.2, 0.25) is 0 Å². The minimum Gasteiger partial charge on any atom is -0.507 e. The average Bonchev–Trinajstić information content (AvgIpc) is 2.96. The van der Waals surface area contributed by atoms with Crippen LogP contribution < -0.4 is 0 Å². The molecule has 0 aliphatic carbocycles. The number of hydrogen-bond acceptors (Lipinski definition) is 5. The number of likely N-dealkylation sites (tertiary alicyclic amines) is 1. The van der Waals surface area contributed by atoms with Crippen molar-refractivity contribution in [2.75, 3.05) is 26.4 Å². The molecule has 1 heterocycles. The molecule has 1 atom stereocenters. The molecule has 1 amide bonds. The van der Waals surface area contributed by atoms with Crippen molar-refractivity contribution in [2.24, 2.45) is 0 Å². The number of hydrogen-bond donors (Lipinski definition) is 2. The van der Waals surface area contributed by atoms with E-state index in [-0.39, 0.29) is 43.3 Å². The monoisotopic (exact) mass is 399 g/mol. The summed E-state index contributed by atoms with van der Waals surface area (Å²) in [5, 5.41) is 19.6. The zero-order valence-corrected chi connectivity index (χ0v) is 16.0. The first-order chi connectivity index (χ1) is 13.9. The molecule has 29 heavy (non-hydrogen) atoms. The van der Waals surface area contributed by atoms with E-state index < -0.39 is 23.5 Å². The Bertz CT molecular complexity index is 921. The van der Waals surface area contributed by atoms with Crippen LogP contribution in [0, 0.1) is 12.7 Å². The van der Waals surface area contributed by atoms with Gasteiger partial charge in [-0.3, -0.25) is 9.59 Å². The Hall–Kier alpha value is -3.03. The quantitative estimate of drug-likeness (QED) is 0.323. The molecular weight excluding hydrogens is 377 g/mol. The summed E-state index contributed by atoms with van der Waals surface area (Å²) in [6.45, 7) is 2.14. The van der Waals surface area contributed by atoms with Crippen LogP contribution in [0.4, 0.5) is 4.39 Å². The zero-order valence-electron chi connectivity index (χ0n) is 16.0. The Morgan fingerprint density at radius 2 is 1.72 bits per heavy atom. The summed E-state index contributed by atoms with van der Waals surface area (Å²) in [6, 6.07) is 11.6. The van der Waals surface area contributed by atoms with Crippen molar-refractivity contribution in [3.8, 4) is 0 Å². The summed E-state index contributed by atoms with van der Waals surface area (Å²) < 4.78 is 18.5. The summed E-state index contributed by atoms with van der Waals surface area (Å²) >= 11 is 0. The lowest BCUT2D eigenvalue weighted by Crippen LogP contribution is -2.33. The van der Waals surface area contributed by atoms with Gasteiger partial charge in [0.15, 0.2) is 0 Å². The second kappa shape index (κ2) is 8.98. The number of ether oxygens (including phenoxy) is 1. The van der Waals surface area contributed by atoms with Crippen molar-refractivity contribution in [3.05, 3.63) is 76.6 Å². The van der Waals surface area contributed by atoms with Crippen molar-refractivity contribution < 1.29 is 28.9 Å². The van der Waals surface area contributed by atoms with Crippen molar-refractivity contribution >= 4 is 17.4 Å². The Balaban J connectivity index is 2.05. The summed E-state index contributed by atoms with van der Waals surface area (Å²) in [6.07, 6.45) is 0. The number of aryl methyl sites for hydroxylation is 1. The maximum Gasteiger partial charge on any atom is 0.295 e. The molecule has 2 aromatic rings. The van der Waals surface area contributed by atoms with Gasteiger partial charge in [0.1, 0.15) is 11.6 Å². The first-order valence-electron chi connectivity index (χ1n) is 9.23. The Morgan fingerprint density at radius 1 is 1.07 bits per heavy atom. The molecule has 7 heteroatoms. The largest absolute Gasteiger partial charge is 0.507 e. The van der Waals surface area contributed by atoms with Gasteiger partial charge in [-0.05, 0) is 36.8 Å². The van der Waals surface area contributed by atoms with Gasteiger partial charge < -0.3 is 19.8 Å². The molecule has 0 saturated carbocycles. The maximum absolute atomic E-state index is 13.3. The molecule has 2 N–H and O–H groups in total. The van der Waals surface area contributed by atoms with Gasteiger partial charge in [-0.25, -0.2) is 4.39 Å². The van der Waals surface area contributed by atoms with Crippen LogP contribution in [0.1, 0.15) is 22.7 Å². The van der Waals surface area contributed by atoms with Crippen LogP contribution in [0.5, 0.6) is 0 Å². The molecule has 2 aromatic carbocycles. The fourth-order valence-corrected chi connectivity index (χ4v) is 3.30. The maximum atomic E-state index is 13.3. The second-order valence-corrected chi connectivity index (χ2v) is 6.75. The number of carbonyl (C=O) groups is 2. The number of ketones is 1. The standard InChI is InChI=1S/C22H22FNO5/c1-14-2-4-15(5-3-14)19-18(20(26)16-6-8-17(23)9-7-16)21(27)22(28)24(19)10-12-29-13-11-25/h2-9,19,25-26H,10-13H2,1H3. The lowest BCUT2D eigenvalue weighted by molar-refractivity contribution is -0.140. The second-order valence-electron chi connectivity index (χ2n) is 6.75. The Kier molecular flexibility index (Phi) is 6.41. The van der Waals surface area contributed by atoms with Crippen molar-refractivity contribution in [2.45, 2.75) is 13.0 Å². The highest BCUT2D eigenvalue weighted by molar-refractivity contribution is 6.46. The van der Waals surface area contributed by atoms with E-state index in [2.05, 4.69) is 0 Å². The molecule has 152 valence electrons. The number of carbonyl (C=O) groups excluding carboxylic acids is 2. The topological polar surface area (TPSA) is 87.1 Å². The van der Waals surface area contributed by atoms with Crippen LogP contribution in [0.15, 0.2) is 54.1 Å². The molecule has 1 aliphatic rings. The highest BCUT2D eigenvalue weighted by atomic mass is 19.1. The van der Waals surface area contributed by atoms with E-state index >= 15 is 0 Å². The number of aliphatic hydroxyl groups is 2. The first kappa shape index (κ1) is 20.7. The number of Topliss-reactive ketones (excluding diaryl/α,β-unsaturated/α-hetero) is 1. The minimum atomic E-state index is -0.806. The SMILES string of the molecule is Cc1ccc(C2C(=C(O)c3ccc(F)cc3)C(=O)C(=O)N2CCOCCO)cc1. The van der Waals surface area contributed by atoms with Crippen molar-refractivity contribution in [3.63, 3.8) is 0 Å². The summed E-state index contributed by atoms with van der Waals surface area (Å²) in [5.74, 6) is -2.38. The van der Waals surface area contributed by atoms with Crippen LogP contribution in [0.2, 0.25) is 0 Å². The van der Waals surface area contributed by atoms with Gasteiger partial charge in [-0.2, -0.15) is 0 Å². The van der Waals surface area contributed by atoms with Crippen LogP contribution in [-0.2, 0) is 14.3 Å². The number of halogens is 1. The van der Waals surface area contributed by atoms with Gasteiger partial charge in [-0.1, -0.05) is 29.8 Å². The lowest BCUT2D eigenvalue weighted by Gasteiger charge is -2.25. The van der Waals surface area contributed by atoms with Crippen molar-refractivity contribution in [1.82, 2.24) is 4.90 Å². The highest BCUT2D eigenvalue weighted by Crippen LogP contribution is 2.39. The number of amides is 1. The number of rotatable bonds is 7. The van der Waals surface area contributed by atoms with E-state index in [0.29, 0.717) is 5.56 Å². The molecule has 1 unspecified atom stereocenters. The van der Waals surface area contributed by atoms with E-state index in [1.807, 2.05) is 19.1 Å². The molecule has 3 rings (SSSR count). The Labute approximate surface area is 167 Å². The van der Waals surface area contributed by atoms with Crippen molar-refractivity contribution in [1.29, 1.82) is 0 Å². The lowest BCUT2D eigenvalue weighted by atomic mass is 9.95. The molecule has 0 bridgehead atoms. The van der Waals surface area contributed by atoms with E-state index in [1.165, 1.54) is 29.2 Å². The first-order valence-corrected chi connectivity index (χ1v) is 9.23. The third kappa shape index (κ3) is 4.36. The average molecular weight is 399 g/mol. The Morgan fingerprint density at radius 3 is 2.34 bits per heavy atom. The van der Waals surface area contributed by atoms with Crippen LogP contribution >= 0.6 is 0 Å². The molecule has 1 aliphatic heterocycles. The smallest absolute Gasteiger partial charge is 0.295 e. The summed E-state index contributed by atoms with van der Waals surface area (Å²) in [7, 11) is 0. The fraction of sp³-hybridized carbons (Fsp3) is 0.273. The van der Waals surface area contributed by atoms with Crippen LogP contribution in [0.3, 0.4) is 0 Å². The molecule has 1 saturated heterocycles. The third-order valence-electron chi connectivity index (χ3n) is 4.76. The number of benzene rings is 2. The van der Waals surface area contributed by atoms with E-state index in [4.69, 9.17) is 9.84 Å². The van der Waals surface area contributed by atoms with Gasteiger partial charge in [0, 0.05) is 12.1 Å². The van der Waals surface area contributed by atoms with E-state index in [1.54, 1.807) is 12.1 Å². The van der Waals surface area contributed by atoms with Gasteiger partial charge in [0.25, 0.3) is 11.7 Å². The molecule has 6 nitrogen and oxygen atoms in total. The molecule has 1 fully saturated rings. The number of nitrogens with zero attached hydrogens (tertiary/aromatic N) is 1. The van der Waals surface area contributed by atoms with Gasteiger partial charge in [-0.15, -0.1) is 0 Å². The van der Waals surface area contributed by atoms with Gasteiger partial charge in [0.05, 0.1) is 31.4 Å². The summed E-state index contributed by atoms with van der Waals surface area (Å²) in [4.78, 5) is 26.8. The van der Waals surface area contributed by atoms with Crippen LogP contribution in [-0.4, -0.2) is 53.2 Å². The normalized spacial score (nSPS) is 18.4. The number of aliphatic hydroxyl groups excluding tert-OH is 2. The predicted octanol–water partition coefficient (Wildman–Crippen LogP) is 2.56.